The molecule has 2 N–H and O–H groups in total. The van der Waals surface area contributed by atoms with Gasteiger partial charge >= 0.3 is 0 Å². The second kappa shape index (κ2) is 7.14. The van der Waals surface area contributed by atoms with Crippen LogP contribution >= 0.6 is 0 Å². The Bertz CT molecular complexity index is 876. The zero-order valence-corrected chi connectivity index (χ0v) is 14.7. The molecule has 1 aliphatic rings. The molecule has 0 aromatic heterocycles. The highest BCUT2D eigenvalue weighted by atomic mass is 32.2. The van der Waals surface area contributed by atoms with Crippen molar-refractivity contribution in [2.24, 2.45) is 0 Å². The third kappa shape index (κ3) is 3.93. The number of hydrogen-bond acceptors (Lipinski definition) is 4. The van der Waals surface area contributed by atoms with E-state index >= 15 is 0 Å². The lowest BCUT2D eigenvalue weighted by Crippen LogP contribution is -2.31. The van der Waals surface area contributed by atoms with Gasteiger partial charge < -0.3 is 10.1 Å². The van der Waals surface area contributed by atoms with E-state index in [1.54, 1.807) is 30.3 Å². The molecule has 0 aliphatic carbocycles. The van der Waals surface area contributed by atoms with Crippen molar-refractivity contribution in [3.05, 3.63) is 53.6 Å². The van der Waals surface area contributed by atoms with Gasteiger partial charge in [-0.3, -0.25) is 9.52 Å². The van der Waals surface area contributed by atoms with Crippen molar-refractivity contribution in [3.63, 3.8) is 0 Å². The van der Waals surface area contributed by atoms with Gasteiger partial charge in [-0.1, -0.05) is 13.0 Å². The fourth-order valence-electron chi connectivity index (χ4n) is 2.62. The van der Waals surface area contributed by atoms with Crippen molar-refractivity contribution in [2.45, 2.75) is 24.7 Å². The number of rotatable bonds is 6. The molecule has 0 saturated carbocycles. The molecule has 0 radical (unpaired) electrons. The van der Waals surface area contributed by atoms with Crippen LogP contribution in [-0.2, 0) is 16.4 Å². The molecule has 1 amide bonds. The van der Waals surface area contributed by atoms with Crippen LogP contribution in [-0.4, -0.2) is 27.5 Å². The average Bonchev–Trinajstić information content (AvgIpc) is 2.61. The quantitative estimate of drug-likeness (QED) is 0.829. The molecule has 0 saturated heterocycles. The van der Waals surface area contributed by atoms with Crippen LogP contribution in [0.4, 0.5) is 5.69 Å². The number of benzene rings is 2. The second-order valence-electron chi connectivity index (χ2n) is 5.80. The minimum atomic E-state index is -3.73. The number of carbonyl (C=O) groups excluding carboxylic acids is 1. The number of ether oxygens (including phenoxy) is 1. The van der Waals surface area contributed by atoms with Crippen LogP contribution < -0.4 is 14.8 Å². The first kappa shape index (κ1) is 17.3. The summed E-state index contributed by atoms with van der Waals surface area (Å²) in [7, 11) is -3.73. The summed E-state index contributed by atoms with van der Waals surface area (Å²) in [6, 6.07) is 11.3. The number of nitrogens with one attached hydrogen (secondary N) is 2. The summed E-state index contributed by atoms with van der Waals surface area (Å²) in [6.45, 7) is 3.19. The minimum absolute atomic E-state index is 0.138. The highest BCUT2D eigenvalue weighted by Gasteiger charge is 2.19. The molecule has 7 heteroatoms. The number of anilines is 1. The molecular formula is C18H20N2O4S. The van der Waals surface area contributed by atoms with Gasteiger partial charge in [0.25, 0.3) is 15.9 Å². The molecule has 132 valence electrons. The van der Waals surface area contributed by atoms with Gasteiger partial charge in [-0.2, -0.15) is 0 Å². The zero-order valence-electron chi connectivity index (χ0n) is 13.9. The van der Waals surface area contributed by atoms with Gasteiger partial charge in [0, 0.05) is 17.8 Å². The van der Waals surface area contributed by atoms with Crippen LogP contribution in [0.2, 0.25) is 0 Å². The number of amides is 1. The average molecular weight is 360 g/mol. The van der Waals surface area contributed by atoms with E-state index in [9.17, 15) is 13.2 Å². The molecule has 0 spiro atoms. The molecule has 6 nitrogen and oxygen atoms in total. The number of sulfonamides is 1. The van der Waals surface area contributed by atoms with Gasteiger partial charge in [0.15, 0.2) is 0 Å². The third-order valence-corrected chi connectivity index (χ3v) is 5.29. The molecular weight excluding hydrogens is 340 g/mol. The maximum absolute atomic E-state index is 12.5. The molecule has 2 aromatic rings. The van der Waals surface area contributed by atoms with Crippen LogP contribution in [0.15, 0.2) is 47.4 Å². The normalized spacial score (nSPS) is 13.7. The van der Waals surface area contributed by atoms with E-state index in [2.05, 4.69) is 10.0 Å². The first-order valence-corrected chi connectivity index (χ1v) is 9.65. The molecule has 0 bridgehead atoms. The third-order valence-electron chi connectivity index (χ3n) is 3.89. The van der Waals surface area contributed by atoms with E-state index in [-0.39, 0.29) is 10.8 Å². The van der Waals surface area contributed by atoms with Crippen LogP contribution in [0.1, 0.15) is 29.3 Å². The Morgan fingerprint density at radius 2 is 1.92 bits per heavy atom. The van der Waals surface area contributed by atoms with E-state index in [1.807, 2.05) is 6.92 Å². The van der Waals surface area contributed by atoms with Crippen molar-refractivity contribution < 1.29 is 17.9 Å². The Morgan fingerprint density at radius 1 is 1.16 bits per heavy atom. The summed E-state index contributed by atoms with van der Waals surface area (Å²) in [4.78, 5) is 12.0. The van der Waals surface area contributed by atoms with Gasteiger partial charge in [0.1, 0.15) is 5.75 Å². The fraction of sp³-hybridized carbons (Fsp3) is 0.278. The molecule has 0 fully saturated rings. The first-order chi connectivity index (χ1) is 12.0. The highest BCUT2D eigenvalue weighted by Crippen LogP contribution is 2.23. The number of hydrogen-bond donors (Lipinski definition) is 2. The Kier molecular flexibility index (Phi) is 4.94. The van der Waals surface area contributed by atoms with Crippen molar-refractivity contribution in [1.29, 1.82) is 0 Å². The lowest BCUT2D eigenvalue weighted by molar-refractivity contribution is 0.0946. The van der Waals surface area contributed by atoms with Crippen molar-refractivity contribution in [1.82, 2.24) is 5.32 Å². The van der Waals surface area contributed by atoms with Gasteiger partial charge in [0.2, 0.25) is 0 Å². The number of fused-ring (bicyclic) bond motifs is 1. The zero-order chi connectivity index (χ0) is 17.9. The maximum Gasteiger partial charge on any atom is 0.261 e. The Morgan fingerprint density at radius 3 is 2.64 bits per heavy atom. The molecule has 3 rings (SSSR count). The predicted molar refractivity (Wildman–Crippen MR) is 95.5 cm³/mol. The van der Waals surface area contributed by atoms with Gasteiger partial charge in [-0.05, 0) is 54.8 Å². The summed E-state index contributed by atoms with van der Waals surface area (Å²) in [5, 5.41) is 2.75. The summed E-state index contributed by atoms with van der Waals surface area (Å²) >= 11 is 0. The van der Waals surface area contributed by atoms with Crippen LogP contribution in [0.25, 0.3) is 0 Å². The Hall–Kier alpha value is -2.54. The van der Waals surface area contributed by atoms with E-state index in [4.69, 9.17) is 4.74 Å². The monoisotopic (exact) mass is 360 g/mol. The number of carbonyl (C=O) groups is 1. The van der Waals surface area contributed by atoms with Gasteiger partial charge in [-0.15, -0.1) is 0 Å². The van der Waals surface area contributed by atoms with E-state index in [0.717, 1.165) is 18.4 Å². The van der Waals surface area contributed by atoms with E-state index < -0.39 is 10.0 Å². The largest absolute Gasteiger partial charge is 0.494 e. The van der Waals surface area contributed by atoms with E-state index in [0.29, 0.717) is 30.2 Å². The lowest BCUT2D eigenvalue weighted by atomic mass is 10.00. The molecule has 25 heavy (non-hydrogen) atoms. The Labute approximate surface area is 147 Å². The maximum atomic E-state index is 12.5. The van der Waals surface area contributed by atoms with Gasteiger partial charge in [-0.25, -0.2) is 8.42 Å². The highest BCUT2D eigenvalue weighted by molar-refractivity contribution is 7.92. The van der Waals surface area contributed by atoms with Gasteiger partial charge in [0.05, 0.1) is 11.5 Å². The SMILES string of the molecule is CCCOc1ccc(S(=O)(=O)Nc2ccc3c(c2)C(=O)NCC3)cc1. The summed E-state index contributed by atoms with van der Waals surface area (Å²) in [6.07, 6.45) is 1.63. The summed E-state index contributed by atoms with van der Waals surface area (Å²) in [5.74, 6) is 0.450. The smallest absolute Gasteiger partial charge is 0.261 e. The molecule has 1 heterocycles. The van der Waals surface area contributed by atoms with Crippen LogP contribution in [0.5, 0.6) is 5.75 Å². The van der Waals surface area contributed by atoms with Crippen molar-refractivity contribution >= 4 is 21.6 Å². The second-order valence-corrected chi connectivity index (χ2v) is 7.49. The lowest BCUT2D eigenvalue weighted by Gasteiger charge is -2.17. The molecule has 1 aliphatic heterocycles. The summed E-state index contributed by atoms with van der Waals surface area (Å²) in [5.41, 5.74) is 1.79. The molecule has 2 aromatic carbocycles. The fourth-order valence-corrected chi connectivity index (χ4v) is 3.67. The van der Waals surface area contributed by atoms with Crippen LogP contribution in [0, 0.1) is 0 Å². The van der Waals surface area contributed by atoms with Crippen molar-refractivity contribution in [2.75, 3.05) is 17.9 Å². The molecule has 0 unspecified atom stereocenters. The topological polar surface area (TPSA) is 84.5 Å². The molecule has 0 atom stereocenters. The Balaban J connectivity index is 1.79. The first-order valence-electron chi connectivity index (χ1n) is 8.16. The van der Waals surface area contributed by atoms with Crippen LogP contribution in [0.3, 0.4) is 0 Å². The summed E-state index contributed by atoms with van der Waals surface area (Å²) < 4.78 is 33.0. The van der Waals surface area contributed by atoms with E-state index in [1.165, 1.54) is 12.1 Å². The predicted octanol–water partition coefficient (Wildman–Crippen LogP) is 2.56. The standard InChI is InChI=1S/C18H20N2O4S/c1-2-11-24-15-5-7-16(8-6-15)25(22,23)20-14-4-3-13-9-10-19-18(21)17(13)12-14/h3-8,12,20H,2,9-11H2,1H3,(H,19,21). The minimum Gasteiger partial charge on any atom is -0.494 e. The van der Waals surface area contributed by atoms with Crippen molar-refractivity contribution in [3.8, 4) is 5.75 Å².